The summed E-state index contributed by atoms with van der Waals surface area (Å²) in [7, 11) is 0. The number of rotatable bonds is 7. The van der Waals surface area contributed by atoms with Crippen LogP contribution in [0.3, 0.4) is 0 Å². The van der Waals surface area contributed by atoms with E-state index < -0.39 is 41.0 Å². The standard InChI is InChI=1S/C19H14ClF4N7O2/c20-11-6-26-17(27-7-11)33-13-2-4-16(25-8-13)19(23,24)18(32,9-31-10-28-29-30-31)14-3-1-12(21)5-15(14)22/h1-8,32H,9-10H2,(H,28,30). The first-order valence-electron chi connectivity index (χ1n) is 9.24. The van der Waals surface area contributed by atoms with Gasteiger partial charge in [-0.2, -0.15) is 18.9 Å². The number of benzene rings is 1. The van der Waals surface area contributed by atoms with E-state index in [9.17, 15) is 13.9 Å². The van der Waals surface area contributed by atoms with Crippen LogP contribution in [0.5, 0.6) is 11.8 Å². The fraction of sp³-hybridized carbons (Fsp3) is 0.211. The van der Waals surface area contributed by atoms with Gasteiger partial charge in [0, 0.05) is 11.6 Å². The molecular formula is C19H14ClF4N7O2. The third-order valence-electron chi connectivity index (χ3n) is 4.67. The highest BCUT2D eigenvalue weighted by atomic mass is 35.5. The Bertz CT molecular complexity index is 1160. The average molecular weight is 484 g/mol. The SMILES string of the molecule is OC(CN1CN=NN1)(c1ccc(F)cc1F)C(F)(F)c1ccc(Oc2ncc(Cl)cn2)cn1. The molecule has 1 aliphatic rings. The average Bonchev–Trinajstić information content (AvgIpc) is 3.28. The van der Waals surface area contributed by atoms with Crippen LogP contribution < -0.4 is 10.3 Å². The van der Waals surface area contributed by atoms with E-state index in [1.807, 2.05) is 0 Å². The van der Waals surface area contributed by atoms with Crippen molar-refractivity contribution in [1.29, 1.82) is 0 Å². The smallest absolute Gasteiger partial charge is 0.323 e. The van der Waals surface area contributed by atoms with E-state index in [1.165, 1.54) is 12.4 Å². The van der Waals surface area contributed by atoms with Crippen LogP contribution >= 0.6 is 11.6 Å². The molecule has 3 heterocycles. The van der Waals surface area contributed by atoms with Gasteiger partial charge in [0.05, 0.1) is 30.2 Å². The third kappa shape index (κ3) is 4.55. The van der Waals surface area contributed by atoms with E-state index in [0.29, 0.717) is 6.07 Å². The van der Waals surface area contributed by atoms with Gasteiger partial charge in [-0.25, -0.2) is 24.3 Å². The Hall–Kier alpha value is -3.42. The molecule has 33 heavy (non-hydrogen) atoms. The lowest BCUT2D eigenvalue weighted by molar-refractivity contribution is -0.210. The van der Waals surface area contributed by atoms with Gasteiger partial charge in [-0.05, 0) is 18.2 Å². The van der Waals surface area contributed by atoms with Gasteiger partial charge in [-0.3, -0.25) is 4.98 Å². The number of ether oxygens (including phenoxy) is 1. The van der Waals surface area contributed by atoms with Crippen molar-refractivity contribution in [3.8, 4) is 11.8 Å². The van der Waals surface area contributed by atoms with Crippen LogP contribution in [0.1, 0.15) is 11.3 Å². The van der Waals surface area contributed by atoms with Gasteiger partial charge in [0.2, 0.25) is 0 Å². The Morgan fingerprint density at radius 1 is 1.09 bits per heavy atom. The van der Waals surface area contributed by atoms with Gasteiger partial charge in [0.15, 0.2) is 5.60 Å². The molecule has 0 spiro atoms. The van der Waals surface area contributed by atoms with Crippen molar-refractivity contribution >= 4 is 11.6 Å². The summed E-state index contributed by atoms with van der Waals surface area (Å²) in [4.78, 5) is 11.3. The molecule has 2 aromatic heterocycles. The number of pyridine rings is 1. The minimum Gasteiger partial charge on any atom is -0.423 e. The van der Waals surface area contributed by atoms with Gasteiger partial charge in [-0.1, -0.05) is 22.9 Å². The van der Waals surface area contributed by atoms with Crippen LogP contribution in [0.4, 0.5) is 17.6 Å². The van der Waals surface area contributed by atoms with E-state index in [2.05, 4.69) is 30.8 Å². The number of β-amino-alcohol motifs (C(OH)–C–C–N with tert-alkyl or cyclic N) is 1. The number of nitrogens with one attached hydrogen (secondary N) is 1. The predicted molar refractivity (Wildman–Crippen MR) is 105 cm³/mol. The van der Waals surface area contributed by atoms with Crippen molar-refractivity contribution in [1.82, 2.24) is 25.5 Å². The zero-order valence-corrected chi connectivity index (χ0v) is 17.2. The fourth-order valence-corrected chi connectivity index (χ4v) is 3.17. The summed E-state index contributed by atoms with van der Waals surface area (Å²) in [5.41, 5.74) is -2.59. The number of hydrazine groups is 1. The second kappa shape index (κ2) is 8.84. The maximum absolute atomic E-state index is 15.7. The van der Waals surface area contributed by atoms with E-state index >= 15 is 8.78 Å². The molecule has 0 radical (unpaired) electrons. The van der Waals surface area contributed by atoms with Crippen molar-refractivity contribution in [2.45, 2.75) is 11.5 Å². The van der Waals surface area contributed by atoms with E-state index in [4.69, 9.17) is 16.3 Å². The monoisotopic (exact) mass is 483 g/mol. The minimum absolute atomic E-state index is 0.0205. The maximum atomic E-state index is 15.7. The van der Waals surface area contributed by atoms with Crippen molar-refractivity contribution in [2.24, 2.45) is 10.3 Å². The van der Waals surface area contributed by atoms with Crippen LogP contribution in [0.15, 0.2) is 59.3 Å². The van der Waals surface area contributed by atoms with Crippen molar-refractivity contribution in [2.75, 3.05) is 13.2 Å². The Labute approximate surface area is 188 Å². The topological polar surface area (TPSA) is 108 Å². The summed E-state index contributed by atoms with van der Waals surface area (Å²) < 4.78 is 64.6. The molecule has 0 fully saturated rings. The Kier molecular flexibility index (Phi) is 6.10. The van der Waals surface area contributed by atoms with Gasteiger partial charge in [0.1, 0.15) is 29.7 Å². The van der Waals surface area contributed by atoms with Gasteiger partial charge in [-0.15, -0.1) is 0 Å². The number of hydrogen-bond donors (Lipinski definition) is 2. The lowest BCUT2D eigenvalue weighted by Gasteiger charge is -2.38. The van der Waals surface area contributed by atoms with Gasteiger partial charge >= 0.3 is 11.9 Å². The molecule has 0 saturated heterocycles. The van der Waals surface area contributed by atoms with Gasteiger partial charge in [0.25, 0.3) is 0 Å². The summed E-state index contributed by atoms with van der Waals surface area (Å²) in [6.45, 7) is -1.03. The lowest BCUT2D eigenvalue weighted by atomic mass is 9.84. The van der Waals surface area contributed by atoms with Gasteiger partial charge < -0.3 is 9.84 Å². The van der Waals surface area contributed by atoms with Crippen LogP contribution in [0.2, 0.25) is 5.02 Å². The Morgan fingerprint density at radius 2 is 1.85 bits per heavy atom. The third-order valence-corrected chi connectivity index (χ3v) is 4.87. The molecule has 1 aliphatic heterocycles. The number of halogens is 5. The summed E-state index contributed by atoms with van der Waals surface area (Å²) >= 11 is 5.69. The molecule has 4 rings (SSSR count). The second-order valence-electron chi connectivity index (χ2n) is 6.90. The fourth-order valence-electron chi connectivity index (χ4n) is 3.07. The number of nitrogens with zero attached hydrogens (tertiary/aromatic N) is 6. The molecule has 172 valence electrons. The number of hydrogen-bond acceptors (Lipinski definition) is 9. The molecule has 14 heteroatoms. The number of aromatic nitrogens is 3. The first kappa shape index (κ1) is 22.8. The van der Waals surface area contributed by atoms with Crippen molar-refractivity contribution < 1.29 is 27.4 Å². The molecule has 9 nitrogen and oxygen atoms in total. The molecule has 2 N–H and O–H groups in total. The van der Waals surface area contributed by atoms with E-state index in [1.54, 1.807) is 0 Å². The Balaban J connectivity index is 1.67. The van der Waals surface area contributed by atoms with Crippen LogP contribution in [-0.2, 0) is 11.5 Å². The second-order valence-corrected chi connectivity index (χ2v) is 7.34. The van der Waals surface area contributed by atoms with E-state index in [-0.39, 0.29) is 23.5 Å². The molecule has 1 atom stereocenters. The van der Waals surface area contributed by atoms with Crippen molar-refractivity contribution in [3.63, 3.8) is 0 Å². The molecule has 0 amide bonds. The first-order chi connectivity index (χ1) is 15.7. The summed E-state index contributed by atoms with van der Waals surface area (Å²) in [5.74, 6) is -6.47. The highest BCUT2D eigenvalue weighted by Crippen LogP contribution is 2.46. The summed E-state index contributed by atoms with van der Waals surface area (Å²) in [5, 5.41) is 19.5. The quantitative estimate of drug-likeness (QED) is 0.493. The molecule has 3 aromatic rings. The predicted octanol–water partition coefficient (Wildman–Crippen LogP) is 3.72. The highest BCUT2D eigenvalue weighted by molar-refractivity contribution is 6.30. The first-order valence-corrected chi connectivity index (χ1v) is 9.61. The highest BCUT2D eigenvalue weighted by Gasteiger charge is 2.58. The maximum Gasteiger partial charge on any atom is 0.323 e. The molecule has 0 saturated carbocycles. The molecule has 1 aromatic carbocycles. The zero-order chi connectivity index (χ0) is 23.6. The van der Waals surface area contributed by atoms with E-state index in [0.717, 1.165) is 35.5 Å². The number of aliphatic hydroxyl groups is 1. The molecule has 0 aliphatic carbocycles. The molecular weight excluding hydrogens is 470 g/mol. The minimum atomic E-state index is -4.15. The zero-order valence-electron chi connectivity index (χ0n) is 16.5. The summed E-state index contributed by atoms with van der Waals surface area (Å²) in [6.07, 6.45) is 3.52. The number of alkyl halides is 2. The molecule has 1 unspecified atom stereocenters. The van der Waals surface area contributed by atoms with Crippen LogP contribution in [0.25, 0.3) is 0 Å². The van der Waals surface area contributed by atoms with Crippen LogP contribution in [-0.4, -0.2) is 38.3 Å². The van der Waals surface area contributed by atoms with Crippen LogP contribution in [0, 0.1) is 11.6 Å². The largest absolute Gasteiger partial charge is 0.423 e. The normalized spacial score (nSPS) is 15.8. The van der Waals surface area contributed by atoms with Crippen molar-refractivity contribution in [3.05, 3.63) is 76.8 Å². The lowest BCUT2D eigenvalue weighted by Crippen LogP contribution is -2.53. The Morgan fingerprint density at radius 3 is 2.45 bits per heavy atom. The summed E-state index contributed by atoms with van der Waals surface area (Å²) in [6, 6.07) is 3.86. The molecule has 0 bridgehead atoms.